The van der Waals surface area contributed by atoms with Crippen molar-refractivity contribution in [3.63, 3.8) is 0 Å². The number of anilines is 1. The number of nitrogens with one attached hydrogen (secondary N) is 1. The number of rotatable bonds is 5. The lowest BCUT2D eigenvalue weighted by Crippen LogP contribution is -2.13. The third-order valence-electron chi connectivity index (χ3n) is 2.45. The number of thiophene rings is 1. The summed E-state index contributed by atoms with van der Waals surface area (Å²) in [5.41, 5.74) is 1.31. The summed E-state index contributed by atoms with van der Waals surface area (Å²) in [5, 5.41) is 3.27. The van der Waals surface area contributed by atoms with E-state index in [0.717, 1.165) is 10.4 Å². The first-order chi connectivity index (χ1) is 8.51. The summed E-state index contributed by atoms with van der Waals surface area (Å²) in [6, 6.07) is 0. The summed E-state index contributed by atoms with van der Waals surface area (Å²) in [6.45, 7) is 9.33. The lowest BCUT2D eigenvalue weighted by Gasteiger charge is -2.06. The normalized spacial score (nSPS) is 9.94. The molecule has 0 spiro atoms. The van der Waals surface area contributed by atoms with Crippen molar-refractivity contribution in [3.05, 3.63) is 28.7 Å². The fraction of sp³-hybridized carbons (Fsp3) is 0.385. The molecule has 0 fully saturated rings. The summed E-state index contributed by atoms with van der Waals surface area (Å²) in [7, 11) is 0. The molecule has 1 N–H and O–H groups in total. The van der Waals surface area contributed by atoms with Gasteiger partial charge in [0.25, 0.3) is 0 Å². The average molecular weight is 267 g/mol. The molecule has 0 saturated heterocycles. The van der Waals surface area contributed by atoms with Crippen molar-refractivity contribution in [2.45, 2.75) is 27.2 Å². The molecular formula is C13H17NO3S. The second-order valence-electron chi connectivity index (χ2n) is 3.75. The monoisotopic (exact) mass is 267 g/mol. The van der Waals surface area contributed by atoms with Gasteiger partial charge in [-0.3, -0.25) is 4.79 Å². The largest absolute Gasteiger partial charge is 0.462 e. The van der Waals surface area contributed by atoms with E-state index in [-0.39, 0.29) is 12.3 Å². The standard InChI is InChI=1S/C13H17NO3S/c1-5-7-10(15)14-12-11(13(16)17-6-2)8(3)9(4)18-12/h5H,1,6-7H2,2-4H3,(H,14,15). The lowest BCUT2D eigenvalue weighted by molar-refractivity contribution is -0.115. The van der Waals surface area contributed by atoms with Gasteiger partial charge in [0.05, 0.1) is 12.2 Å². The second-order valence-corrected chi connectivity index (χ2v) is 4.97. The van der Waals surface area contributed by atoms with Gasteiger partial charge in [0.1, 0.15) is 5.00 Å². The highest BCUT2D eigenvalue weighted by Crippen LogP contribution is 2.33. The van der Waals surface area contributed by atoms with Crippen molar-refractivity contribution in [3.8, 4) is 0 Å². The van der Waals surface area contributed by atoms with Gasteiger partial charge in [0.15, 0.2) is 0 Å². The molecule has 1 amide bonds. The van der Waals surface area contributed by atoms with Crippen LogP contribution in [0.2, 0.25) is 0 Å². The number of hydrogen-bond acceptors (Lipinski definition) is 4. The van der Waals surface area contributed by atoms with E-state index >= 15 is 0 Å². The van der Waals surface area contributed by atoms with Gasteiger partial charge in [-0.1, -0.05) is 6.08 Å². The quantitative estimate of drug-likeness (QED) is 0.659. The van der Waals surface area contributed by atoms with Crippen LogP contribution < -0.4 is 5.32 Å². The highest BCUT2D eigenvalue weighted by Gasteiger charge is 2.21. The van der Waals surface area contributed by atoms with E-state index in [0.29, 0.717) is 17.2 Å². The molecule has 0 saturated carbocycles. The van der Waals surface area contributed by atoms with Gasteiger partial charge in [-0.25, -0.2) is 4.79 Å². The SMILES string of the molecule is C=CCC(=O)Nc1sc(C)c(C)c1C(=O)OCC. The number of aryl methyl sites for hydroxylation is 1. The van der Waals surface area contributed by atoms with E-state index in [9.17, 15) is 9.59 Å². The summed E-state index contributed by atoms with van der Waals surface area (Å²) in [6.07, 6.45) is 1.74. The van der Waals surface area contributed by atoms with Crippen LogP contribution in [-0.4, -0.2) is 18.5 Å². The van der Waals surface area contributed by atoms with Crippen LogP contribution in [-0.2, 0) is 9.53 Å². The zero-order valence-corrected chi connectivity index (χ0v) is 11.6. The molecule has 0 unspecified atom stereocenters. The summed E-state index contributed by atoms with van der Waals surface area (Å²) in [4.78, 5) is 24.4. The zero-order valence-electron chi connectivity index (χ0n) is 10.8. The molecule has 0 atom stereocenters. The number of ether oxygens (including phenoxy) is 1. The average Bonchev–Trinajstić information content (AvgIpc) is 2.55. The Bertz CT molecular complexity index is 477. The highest BCUT2D eigenvalue weighted by molar-refractivity contribution is 7.16. The summed E-state index contributed by atoms with van der Waals surface area (Å²) >= 11 is 1.38. The first-order valence-corrected chi connectivity index (χ1v) is 6.50. The van der Waals surface area contributed by atoms with Crippen LogP contribution >= 0.6 is 11.3 Å². The number of esters is 1. The van der Waals surface area contributed by atoms with Gasteiger partial charge in [0, 0.05) is 11.3 Å². The Kier molecular flexibility index (Phi) is 5.09. The van der Waals surface area contributed by atoms with Crippen molar-refractivity contribution in [1.29, 1.82) is 0 Å². The van der Waals surface area contributed by atoms with Crippen LogP contribution in [0.5, 0.6) is 0 Å². The van der Waals surface area contributed by atoms with E-state index < -0.39 is 5.97 Å². The van der Waals surface area contributed by atoms with Crippen molar-refractivity contribution in [2.24, 2.45) is 0 Å². The van der Waals surface area contributed by atoms with Crippen LogP contribution in [0.15, 0.2) is 12.7 Å². The Balaban J connectivity index is 3.04. The van der Waals surface area contributed by atoms with Crippen molar-refractivity contribution in [1.82, 2.24) is 0 Å². The Morgan fingerprint density at radius 3 is 2.67 bits per heavy atom. The minimum absolute atomic E-state index is 0.184. The minimum Gasteiger partial charge on any atom is -0.462 e. The van der Waals surface area contributed by atoms with Crippen molar-refractivity contribution in [2.75, 3.05) is 11.9 Å². The smallest absolute Gasteiger partial charge is 0.341 e. The van der Waals surface area contributed by atoms with Crippen LogP contribution in [0.4, 0.5) is 5.00 Å². The Labute approximate surface area is 111 Å². The molecule has 18 heavy (non-hydrogen) atoms. The van der Waals surface area contributed by atoms with E-state index in [1.807, 2.05) is 13.8 Å². The molecule has 1 aromatic rings. The number of hydrogen-bond donors (Lipinski definition) is 1. The third-order valence-corrected chi connectivity index (χ3v) is 3.57. The van der Waals surface area contributed by atoms with E-state index in [2.05, 4.69) is 11.9 Å². The van der Waals surface area contributed by atoms with E-state index in [4.69, 9.17) is 4.74 Å². The Morgan fingerprint density at radius 2 is 2.11 bits per heavy atom. The second kappa shape index (κ2) is 6.35. The number of carbonyl (C=O) groups excluding carboxylic acids is 2. The highest BCUT2D eigenvalue weighted by atomic mass is 32.1. The predicted octanol–water partition coefficient (Wildman–Crippen LogP) is 3.06. The number of amides is 1. The zero-order chi connectivity index (χ0) is 13.7. The molecule has 98 valence electrons. The molecule has 0 aliphatic carbocycles. The number of carbonyl (C=O) groups is 2. The molecule has 0 aliphatic rings. The fourth-order valence-corrected chi connectivity index (χ4v) is 2.54. The molecule has 0 aromatic carbocycles. The van der Waals surface area contributed by atoms with Crippen LogP contribution in [0.25, 0.3) is 0 Å². The van der Waals surface area contributed by atoms with Gasteiger partial charge in [-0.2, -0.15) is 0 Å². The molecule has 0 bridgehead atoms. The van der Waals surface area contributed by atoms with Gasteiger partial charge in [0.2, 0.25) is 5.91 Å². The maximum Gasteiger partial charge on any atom is 0.341 e. The molecule has 0 radical (unpaired) electrons. The van der Waals surface area contributed by atoms with Gasteiger partial charge in [-0.15, -0.1) is 17.9 Å². The van der Waals surface area contributed by atoms with E-state index in [1.165, 1.54) is 17.4 Å². The fourth-order valence-electron chi connectivity index (χ4n) is 1.47. The molecule has 1 aromatic heterocycles. The van der Waals surface area contributed by atoms with E-state index in [1.54, 1.807) is 6.92 Å². The topological polar surface area (TPSA) is 55.4 Å². The Morgan fingerprint density at radius 1 is 1.44 bits per heavy atom. The van der Waals surface area contributed by atoms with Crippen LogP contribution in [0, 0.1) is 13.8 Å². The molecule has 5 heteroatoms. The molecule has 1 rings (SSSR count). The third kappa shape index (κ3) is 3.20. The van der Waals surface area contributed by atoms with Crippen LogP contribution in [0.3, 0.4) is 0 Å². The maximum absolute atomic E-state index is 11.9. The summed E-state index contributed by atoms with van der Waals surface area (Å²) < 4.78 is 5.00. The minimum atomic E-state index is -0.395. The Hall–Kier alpha value is -1.62. The summed E-state index contributed by atoms with van der Waals surface area (Å²) in [5.74, 6) is -0.579. The first-order valence-electron chi connectivity index (χ1n) is 5.69. The lowest BCUT2D eigenvalue weighted by atomic mass is 10.1. The van der Waals surface area contributed by atoms with Crippen LogP contribution in [0.1, 0.15) is 34.1 Å². The molecular weight excluding hydrogens is 250 g/mol. The van der Waals surface area contributed by atoms with Gasteiger partial charge >= 0.3 is 5.97 Å². The van der Waals surface area contributed by atoms with Gasteiger partial charge < -0.3 is 10.1 Å². The predicted molar refractivity (Wildman–Crippen MR) is 73.2 cm³/mol. The maximum atomic E-state index is 11.9. The molecule has 1 heterocycles. The van der Waals surface area contributed by atoms with Crippen molar-refractivity contribution < 1.29 is 14.3 Å². The molecule has 0 aliphatic heterocycles. The van der Waals surface area contributed by atoms with Gasteiger partial charge in [-0.05, 0) is 26.3 Å². The first kappa shape index (κ1) is 14.4. The van der Waals surface area contributed by atoms with Crippen molar-refractivity contribution >= 4 is 28.2 Å². The molecule has 4 nitrogen and oxygen atoms in total.